The normalized spacial score (nSPS) is 18.8. The van der Waals surface area contributed by atoms with Gasteiger partial charge < -0.3 is 9.52 Å². The zero-order valence-corrected chi connectivity index (χ0v) is 10.8. The van der Waals surface area contributed by atoms with Gasteiger partial charge in [-0.2, -0.15) is 0 Å². The van der Waals surface area contributed by atoms with Gasteiger partial charge in [0.25, 0.3) is 0 Å². The van der Waals surface area contributed by atoms with Gasteiger partial charge >= 0.3 is 5.76 Å². The highest BCUT2D eigenvalue weighted by Crippen LogP contribution is 2.27. The molecular weight excluding hydrogens is 244 g/mol. The molecule has 0 bridgehead atoms. The maximum absolute atomic E-state index is 11.8. The van der Waals surface area contributed by atoms with E-state index in [0.29, 0.717) is 11.2 Å². The average Bonchev–Trinajstić information content (AvgIpc) is 2.76. The summed E-state index contributed by atoms with van der Waals surface area (Å²) in [6.07, 6.45) is 6.79. The molecule has 2 heterocycles. The number of hydrogen-bond acceptors (Lipinski definition) is 4. The molecule has 102 valence electrons. The van der Waals surface area contributed by atoms with Crippen molar-refractivity contribution in [1.29, 1.82) is 0 Å². The van der Waals surface area contributed by atoms with Crippen LogP contribution in [0.25, 0.3) is 11.2 Å². The maximum Gasteiger partial charge on any atom is 0.421 e. The van der Waals surface area contributed by atoms with Crippen molar-refractivity contribution in [3.63, 3.8) is 0 Å². The van der Waals surface area contributed by atoms with Gasteiger partial charge in [0, 0.05) is 6.20 Å². The molecule has 0 aliphatic heterocycles. The van der Waals surface area contributed by atoms with E-state index in [9.17, 15) is 9.90 Å². The van der Waals surface area contributed by atoms with Gasteiger partial charge in [-0.15, -0.1) is 0 Å². The van der Waals surface area contributed by atoms with E-state index >= 15 is 0 Å². The van der Waals surface area contributed by atoms with E-state index in [0.717, 1.165) is 12.8 Å². The first-order chi connectivity index (χ1) is 9.25. The van der Waals surface area contributed by atoms with Crippen LogP contribution >= 0.6 is 0 Å². The number of aromatic nitrogens is 2. The summed E-state index contributed by atoms with van der Waals surface area (Å²) in [5.41, 5.74) is 0.991. The van der Waals surface area contributed by atoms with Crippen LogP contribution in [-0.2, 0) is 6.54 Å². The number of rotatable bonds is 3. The Bertz CT molecular complexity index is 610. The Balaban J connectivity index is 1.84. The maximum atomic E-state index is 11.8. The zero-order chi connectivity index (χ0) is 13.2. The van der Waals surface area contributed by atoms with E-state index < -0.39 is 11.9 Å². The van der Waals surface area contributed by atoms with E-state index in [2.05, 4.69) is 4.98 Å². The van der Waals surface area contributed by atoms with Crippen molar-refractivity contribution in [2.75, 3.05) is 0 Å². The summed E-state index contributed by atoms with van der Waals surface area (Å²) < 4.78 is 6.56. The minimum absolute atomic E-state index is 0.271. The number of aliphatic hydroxyl groups excluding tert-OH is 1. The molecule has 19 heavy (non-hydrogen) atoms. The minimum Gasteiger partial charge on any atom is -0.406 e. The molecule has 3 rings (SSSR count). The molecule has 0 spiro atoms. The SMILES string of the molecule is O=c1oc2cccnc2n1CC(O)C1CCCCC1. The van der Waals surface area contributed by atoms with Gasteiger partial charge in [0.15, 0.2) is 11.2 Å². The van der Waals surface area contributed by atoms with Gasteiger partial charge in [-0.1, -0.05) is 19.3 Å². The Kier molecular flexibility index (Phi) is 3.38. The van der Waals surface area contributed by atoms with Crippen molar-refractivity contribution < 1.29 is 9.52 Å². The lowest BCUT2D eigenvalue weighted by atomic mass is 9.85. The van der Waals surface area contributed by atoms with Crippen LogP contribution in [-0.4, -0.2) is 20.8 Å². The fraction of sp³-hybridized carbons (Fsp3) is 0.571. The lowest BCUT2D eigenvalue weighted by Gasteiger charge is -2.26. The molecule has 1 fully saturated rings. The summed E-state index contributed by atoms with van der Waals surface area (Å²) in [7, 11) is 0. The third-order valence-electron chi connectivity index (χ3n) is 3.99. The van der Waals surface area contributed by atoms with Gasteiger partial charge in [0.05, 0.1) is 12.6 Å². The highest BCUT2D eigenvalue weighted by atomic mass is 16.4. The Morgan fingerprint density at radius 2 is 2.21 bits per heavy atom. The van der Waals surface area contributed by atoms with E-state index in [-0.39, 0.29) is 12.5 Å². The molecule has 0 amide bonds. The molecule has 1 aliphatic carbocycles. The summed E-state index contributed by atoms with van der Waals surface area (Å²) >= 11 is 0. The smallest absolute Gasteiger partial charge is 0.406 e. The van der Waals surface area contributed by atoms with E-state index in [4.69, 9.17) is 4.42 Å². The molecule has 0 aromatic carbocycles. The summed E-state index contributed by atoms with van der Waals surface area (Å²) in [6.45, 7) is 0.271. The van der Waals surface area contributed by atoms with Gasteiger partial charge in [0.2, 0.25) is 0 Å². The second-order valence-corrected chi connectivity index (χ2v) is 5.27. The molecule has 1 N–H and O–H groups in total. The fourth-order valence-electron chi connectivity index (χ4n) is 2.92. The number of pyridine rings is 1. The van der Waals surface area contributed by atoms with Crippen LogP contribution in [0.3, 0.4) is 0 Å². The summed E-state index contributed by atoms with van der Waals surface area (Å²) in [4.78, 5) is 16.0. The number of nitrogens with zero attached hydrogens (tertiary/aromatic N) is 2. The largest absolute Gasteiger partial charge is 0.421 e. The average molecular weight is 262 g/mol. The van der Waals surface area contributed by atoms with Gasteiger partial charge in [0.1, 0.15) is 0 Å². The monoisotopic (exact) mass is 262 g/mol. The number of fused-ring (bicyclic) bond motifs is 1. The first kappa shape index (κ1) is 12.4. The van der Waals surface area contributed by atoms with Crippen molar-refractivity contribution in [2.45, 2.75) is 44.8 Å². The van der Waals surface area contributed by atoms with Crippen molar-refractivity contribution in [3.8, 4) is 0 Å². The van der Waals surface area contributed by atoms with E-state index in [1.165, 1.54) is 23.8 Å². The van der Waals surface area contributed by atoms with Crippen LogP contribution in [0.15, 0.2) is 27.5 Å². The molecule has 1 saturated carbocycles. The zero-order valence-electron chi connectivity index (χ0n) is 10.8. The first-order valence-electron chi connectivity index (χ1n) is 6.88. The molecule has 0 saturated heterocycles. The molecule has 2 aromatic heterocycles. The number of aliphatic hydroxyl groups is 1. The number of oxazole rings is 1. The molecule has 2 aromatic rings. The Morgan fingerprint density at radius 1 is 1.42 bits per heavy atom. The van der Waals surface area contributed by atoms with Crippen molar-refractivity contribution in [1.82, 2.24) is 9.55 Å². The second kappa shape index (κ2) is 5.17. The van der Waals surface area contributed by atoms with Crippen LogP contribution in [0.5, 0.6) is 0 Å². The lowest BCUT2D eigenvalue weighted by Crippen LogP contribution is -2.31. The van der Waals surface area contributed by atoms with Crippen LogP contribution in [0, 0.1) is 5.92 Å². The van der Waals surface area contributed by atoms with Gasteiger partial charge in [-0.05, 0) is 30.9 Å². The van der Waals surface area contributed by atoms with Crippen molar-refractivity contribution in [2.24, 2.45) is 5.92 Å². The van der Waals surface area contributed by atoms with E-state index in [1.807, 2.05) is 0 Å². The molecule has 1 unspecified atom stereocenters. The second-order valence-electron chi connectivity index (χ2n) is 5.27. The quantitative estimate of drug-likeness (QED) is 0.917. The number of hydrogen-bond donors (Lipinski definition) is 1. The molecule has 1 atom stereocenters. The highest BCUT2D eigenvalue weighted by molar-refractivity contribution is 5.67. The molecule has 1 aliphatic rings. The lowest BCUT2D eigenvalue weighted by molar-refractivity contribution is 0.0687. The predicted molar refractivity (Wildman–Crippen MR) is 70.9 cm³/mol. The first-order valence-corrected chi connectivity index (χ1v) is 6.88. The Labute approximate surface area is 110 Å². The molecular formula is C14H18N2O3. The topological polar surface area (TPSA) is 68.3 Å². The van der Waals surface area contributed by atoms with Crippen molar-refractivity contribution in [3.05, 3.63) is 28.9 Å². The fourth-order valence-corrected chi connectivity index (χ4v) is 2.92. The van der Waals surface area contributed by atoms with Crippen LogP contribution in [0.4, 0.5) is 0 Å². The molecule has 5 heteroatoms. The molecule has 5 nitrogen and oxygen atoms in total. The minimum atomic E-state index is -0.499. The third-order valence-corrected chi connectivity index (χ3v) is 3.99. The predicted octanol–water partition coefficient (Wildman–Crippen LogP) is 1.93. The standard InChI is InChI=1S/C14H18N2O3/c17-11(10-5-2-1-3-6-10)9-16-13-12(19-14(16)18)7-4-8-15-13/h4,7-8,10-11,17H,1-3,5-6,9H2. The van der Waals surface area contributed by atoms with Crippen LogP contribution < -0.4 is 5.76 Å². The van der Waals surface area contributed by atoms with Gasteiger partial charge in [-0.3, -0.25) is 4.57 Å². The van der Waals surface area contributed by atoms with Gasteiger partial charge in [-0.25, -0.2) is 9.78 Å². The Hall–Kier alpha value is -1.62. The summed E-state index contributed by atoms with van der Waals surface area (Å²) in [5.74, 6) is -0.155. The van der Waals surface area contributed by atoms with E-state index in [1.54, 1.807) is 18.3 Å². The summed E-state index contributed by atoms with van der Waals surface area (Å²) in [5, 5.41) is 10.3. The Morgan fingerprint density at radius 3 is 3.00 bits per heavy atom. The van der Waals surface area contributed by atoms with Crippen LogP contribution in [0.1, 0.15) is 32.1 Å². The van der Waals surface area contributed by atoms with Crippen LogP contribution in [0.2, 0.25) is 0 Å². The molecule has 0 radical (unpaired) electrons. The summed E-state index contributed by atoms with van der Waals surface area (Å²) in [6, 6.07) is 3.44. The van der Waals surface area contributed by atoms with Crippen molar-refractivity contribution >= 4 is 11.2 Å². The third kappa shape index (κ3) is 2.42. The highest BCUT2D eigenvalue weighted by Gasteiger charge is 2.23.